The van der Waals surface area contributed by atoms with Crippen molar-refractivity contribution in [3.63, 3.8) is 0 Å². The molecule has 0 spiro atoms. The molecule has 4 rings (SSSR count). The third-order valence-corrected chi connectivity index (χ3v) is 4.61. The monoisotopic (exact) mass is 364 g/mol. The molecule has 1 amide bonds. The Hall–Kier alpha value is -2.78. The Kier molecular flexibility index (Phi) is 5.29. The van der Waals surface area contributed by atoms with Crippen molar-refractivity contribution in [2.75, 3.05) is 17.2 Å². The number of halogens is 1. The van der Waals surface area contributed by atoms with Gasteiger partial charge in [-0.15, -0.1) is 12.4 Å². The summed E-state index contributed by atoms with van der Waals surface area (Å²) in [5, 5.41) is 6.38. The van der Waals surface area contributed by atoms with Crippen molar-refractivity contribution >= 4 is 29.7 Å². The van der Waals surface area contributed by atoms with Gasteiger partial charge in [0.15, 0.2) is 0 Å². The number of amides is 1. The van der Waals surface area contributed by atoms with Crippen LogP contribution in [0.2, 0.25) is 0 Å². The molecule has 0 bridgehead atoms. The van der Waals surface area contributed by atoms with Crippen molar-refractivity contribution in [2.24, 2.45) is 0 Å². The zero-order valence-electron chi connectivity index (χ0n) is 14.6. The maximum atomic E-state index is 12.8. The number of benzene rings is 3. The summed E-state index contributed by atoms with van der Waals surface area (Å²) in [4.78, 5) is 12.8. The average molecular weight is 365 g/mol. The smallest absolute Gasteiger partial charge is 0.256 e. The zero-order valence-corrected chi connectivity index (χ0v) is 15.4. The highest BCUT2D eigenvalue weighted by Crippen LogP contribution is 2.27. The summed E-state index contributed by atoms with van der Waals surface area (Å²) in [6.45, 7) is 3.02. The van der Waals surface area contributed by atoms with Crippen LogP contribution in [-0.4, -0.2) is 12.5 Å². The number of carbonyl (C=O) groups excluding carboxylic acids is 1. The molecule has 3 aromatic rings. The van der Waals surface area contributed by atoms with Gasteiger partial charge in [0.2, 0.25) is 0 Å². The number of anilines is 2. The van der Waals surface area contributed by atoms with Crippen LogP contribution in [-0.2, 0) is 6.42 Å². The predicted octanol–water partition coefficient (Wildman–Crippen LogP) is 5.30. The lowest BCUT2D eigenvalue weighted by Gasteiger charge is -2.11. The van der Waals surface area contributed by atoms with E-state index in [1.807, 2.05) is 36.4 Å². The lowest BCUT2D eigenvalue weighted by molar-refractivity contribution is 0.102. The third-order valence-electron chi connectivity index (χ3n) is 4.61. The zero-order chi connectivity index (χ0) is 17.2. The number of fused-ring (bicyclic) bond motifs is 1. The van der Waals surface area contributed by atoms with E-state index in [0.29, 0.717) is 5.56 Å². The fraction of sp³-hybridized carbons (Fsp3) is 0.136. The minimum atomic E-state index is -0.0814. The largest absolute Gasteiger partial charge is 0.384 e. The Balaban J connectivity index is 0.00000196. The fourth-order valence-electron chi connectivity index (χ4n) is 3.25. The molecule has 3 aromatic carbocycles. The van der Waals surface area contributed by atoms with Crippen molar-refractivity contribution in [1.29, 1.82) is 0 Å². The average Bonchev–Trinajstić information content (AvgIpc) is 3.10. The minimum Gasteiger partial charge on any atom is -0.384 e. The number of carbonyl (C=O) groups is 1. The van der Waals surface area contributed by atoms with E-state index >= 15 is 0 Å². The van der Waals surface area contributed by atoms with E-state index in [4.69, 9.17) is 0 Å². The Morgan fingerprint density at radius 3 is 2.58 bits per heavy atom. The summed E-state index contributed by atoms with van der Waals surface area (Å²) in [5.74, 6) is -0.0814. The lowest BCUT2D eigenvalue weighted by Crippen LogP contribution is -2.13. The molecular weight excluding hydrogens is 344 g/mol. The molecule has 0 saturated heterocycles. The quantitative estimate of drug-likeness (QED) is 0.661. The van der Waals surface area contributed by atoms with E-state index in [-0.39, 0.29) is 18.3 Å². The molecule has 1 aliphatic heterocycles. The molecule has 2 N–H and O–H groups in total. The predicted molar refractivity (Wildman–Crippen MR) is 110 cm³/mol. The molecule has 132 valence electrons. The van der Waals surface area contributed by atoms with Gasteiger partial charge in [-0.3, -0.25) is 4.79 Å². The van der Waals surface area contributed by atoms with Crippen LogP contribution in [0.25, 0.3) is 11.1 Å². The van der Waals surface area contributed by atoms with Gasteiger partial charge in [0.05, 0.1) is 0 Å². The van der Waals surface area contributed by atoms with Gasteiger partial charge in [-0.25, -0.2) is 0 Å². The summed E-state index contributed by atoms with van der Waals surface area (Å²) in [7, 11) is 0. The summed E-state index contributed by atoms with van der Waals surface area (Å²) in [5.41, 5.74) is 7.15. The van der Waals surface area contributed by atoms with Crippen molar-refractivity contribution < 1.29 is 4.79 Å². The van der Waals surface area contributed by atoms with Gasteiger partial charge >= 0.3 is 0 Å². The Bertz CT molecular complexity index is 935. The molecule has 0 saturated carbocycles. The van der Waals surface area contributed by atoms with E-state index < -0.39 is 0 Å². The maximum Gasteiger partial charge on any atom is 0.256 e. The molecule has 0 aromatic heterocycles. The van der Waals surface area contributed by atoms with Crippen LogP contribution in [0.3, 0.4) is 0 Å². The second-order valence-corrected chi connectivity index (χ2v) is 6.41. The van der Waals surface area contributed by atoms with Gasteiger partial charge in [-0.1, -0.05) is 48.0 Å². The lowest BCUT2D eigenvalue weighted by atomic mass is 9.98. The van der Waals surface area contributed by atoms with Gasteiger partial charge in [0.25, 0.3) is 5.91 Å². The van der Waals surface area contributed by atoms with Crippen LogP contribution < -0.4 is 10.6 Å². The molecule has 1 aliphatic rings. The first-order valence-corrected chi connectivity index (χ1v) is 8.55. The van der Waals surface area contributed by atoms with Crippen LogP contribution in [0.1, 0.15) is 21.5 Å². The van der Waals surface area contributed by atoms with Crippen LogP contribution in [0.15, 0.2) is 66.7 Å². The first-order chi connectivity index (χ1) is 12.2. The van der Waals surface area contributed by atoms with Crippen LogP contribution >= 0.6 is 12.4 Å². The van der Waals surface area contributed by atoms with E-state index in [1.54, 1.807) is 0 Å². The Morgan fingerprint density at radius 2 is 1.77 bits per heavy atom. The highest BCUT2D eigenvalue weighted by Gasteiger charge is 2.15. The molecule has 1 heterocycles. The molecule has 26 heavy (non-hydrogen) atoms. The minimum absolute atomic E-state index is 0. The van der Waals surface area contributed by atoms with Crippen LogP contribution in [0.5, 0.6) is 0 Å². The molecule has 4 heteroatoms. The maximum absolute atomic E-state index is 12.8. The van der Waals surface area contributed by atoms with E-state index in [2.05, 4.69) is 47.9 Å². The number of rotatable bonds is 3. The first-order valence-electron chi connectivity index (χ1n) is 8.55. The molecule has 0 radical (unpaired) electrons. The molecular formula is C22H21ClN2O. The number of hydrogen-bond acceptors (Lipinski definition) is 2. The van der Waals surface area contributed by atoms with Crippen molar-refractivity contribution in [3.05, 3.63) is 83.4 Å². The van der Waals surface area contributed by atoms with Gasteiger partial charge in [0, 0.05) is 23.5 Å². The Morgan fingerprint density at radius 1 is 1.00 bits per heavy atom. The molecule has 0 aliphatic carbocycles. The highest BCUT2D eigenvalue weighted by molar-refractivity contribution is 6.08. The SMILES string of the molecule is Cc1ccc(-c2ccccc2C(=O)Nc2ccc3c(c2)CCN3)cc1.Cl. The number of aryl methyl sites for hydroxylation is 1. The number of nitrogens with one attached hydrogen (secondary N) is 2. The summed E-state index contributed by atoms with van der Waals surface area (Å²) in [6.07, 6.45) is 0.999. The summed E-state index contributed by atoms with van der Waals surface area (Å²) >= 11 is 0. The van der Waals surface area contributed by atoms with Gasteiger partial charge in [-0.05, 0) is 54.3 Å². The molecule has 3 nitrogen and oxygen atoms in total. The molecule has 0 unspecified atom stereocenters. The highest BCUT2D eigenvalue weighted by atomic mass is 35.5. The second-order valence-electron chi connectivity index (χ2n) is 6.41. The van der Waals surface area contributed by atoms with Gasteiger partial charge < -0.3 is 10.6 Å². The topological polar surface area (TPSA) is 41.1 Å². The normalized spacial score (nSPS) is 11.9. The second kappa shape index (κ2) is 7.63. The van der Waals surface area contributed by atoms with Crippen molar-refractivity contribution in [1.82, 2.24) is 0 Å². The van der Waals surface area contributed by atoms with Crippen molar-refractivity contribution in [3.8, 4) is 11.1 Å². The number of hydrogen-bond donors (Lipinski definition) is 2. The Labute approximate surface area is 159 Å². The van der Waals surface area contributed by atoms with E-state index in [9.17, 15) is 4.79 Å². The van der Waals surface area contributed by atoms with Crippen molar-refractivity contribution in [2.45, 2.75) is 13.3 Å². The molecule has 0 fully saturated rings. The fourth-order valence-corrected chi connectivity index (χ4v) is 3.25. The third kappa shape index (κ3) is 3.58. The van der Waals surface area contributed by atoms with Gasteiger partial charge in [-0.2, -0.15) is 0 Å². The van der Waals surface area contributed by atoms with Gasteiger partial charge in [0.1, 0.15) is 0 Å². The first kappa shape index (κ1) is 18.0. The van der Waals surface area contributed by atoms with E-state index in [0.717, 1.165) is 35.5 Å². The van der Waals surface area contributed by atoms with E-state index in [1.165, 1.54) is 11.1 Å². The molecule has 0 atom stereocenters. The van der Waals surface area contributed by atoms with Crippen LogP contribution in [0.4, 0.5) is 11.4 Å². The summed E-state index contributed by atoms with van der Waals surface area (Å²) in [6, 6.07) is 22.0. The summed E-state index contributed by atoms with van der Waals surface area (Å²) < 4.78 is 0. The standard InChI is InChI=1S/C22H20N2O.ClH/c1-15-6-8-16(9-7-15)19-4-2-3-5-20(19)22(25)24-18-10-11-21-17(14-18)12-13-23-21;/h2-11,14,23H,12-13H2,1H3,(H,24,25);1H. The van der Waals surface area contributed by atoms with Crippen LogP contribution in [0, 0.1) is 6.92 Å².